The molecule has 1 aromatic heterocycles. The summed E-state index contributed by atoms with van der Waals surface area (Å²) < 4.78 is 1.97. The van der Waals surface area contributed by atoms with Gasteiger partial charge < -0.3 is 4.57 Å². The Kier molecular flexibility index (Phi) is 5.70. The first-order chi connectivity index (χ1) is 15.9. The number of carbonyl (C=O) groups is 1. The van der Waals surface area contributed by atoms with Crippen LogP contribution in [-0.2, 0) is 11.3 Å². The van der Waals surface area contributed by atoms with Crippen LogP contribution in [0, 0.1) is 12.3 Å². The molecule has 3 aromatic rings. The van der Waals surface area contributed by atoms with Gasteiger partial charge >= 0.3 is 0 Å². The standard InChI is InChI=1S/C24H17Cl2N5OS/c1-14-3-2-4-17(9-14)23-29-31-21(27)18(22(32)28-24(31)33-23)10-16-7-8-30(13-16)12-15-5-6-19(25)20(26)11-15/h2-11,13,27H,12H2,1H3. The fraction of sp³-hybridized carbons (Fsp3) is 0.0833. The van der Waals surface area contributed by atoms with Crippen LogP contribution in [0.1, 0.15) is 22.3 Å². The number of aryl methyl sites for hydroxylation is 1. The Morgan fingerprint density at radius 1 is 1.12 bits per heavy atom. The highest BCUT2D eigenvalue weighted by Gasteiger charge is 2.36. The van der Waals surface area contributed by atoms with Crippen LogP contribution in [0.2, 0.25) is 10.0 Å². The number of fused-ring (bicyclic) bond motifs is 1. The monoisotopic (exact) mass is 493 g/mol. The second-order valence-electron chi connectivity index (χ2n) is 7.66. The maximum Gasteiger partial charge on any atom is 0.283 e. The number of thioether (sulfide) groups is 1. The van der Waals surface area contributed by atoms with E-state index in [1.165, 1.54) is 16.8 Å². The number of hydrogen-bond acceptors (Lipinski definition) is 4. The van der Waals surface area contributed by atoms with Crippen LogP contribution in [0.3, 0.4) is 0 Å². The lowest BCUT2D eigenvalue weighted by Crippen LogP contribution is -2.35. The van der Waals surface area contributed by atoms with Gasteiger partial charge in [-0.25, -0.2) is 0 Å². The number of hydrazone groups is 1. The zero-order valence-corrected chi connectivity index (χ0v) is 19.7. The number of amidine groups is 2. The van der Waals surface area contributed by atoms with Crippen LogP contribution in [0.25, 0.3) is 6.08 Å². The summed E-state index contributed by atoms with van der Waals surface area (Å²) in [5, 5.41) is 16.7. The van der Waals surface area contributed by atoms with Crippen molar-refractivity contribution in [1.82, 2.24) is 9.58 Å². The molecule has 2 aliphatic heterocycles. The molecule has 0 fully saturated rings. The number of aromatic nitrogens is 1. The van der Waals surface area contributed by atoms with Gasteiger partial charge in [-0.3, -0.25) is 10.2 Å². The minimum atomic E-state index is -0.448. The Labute approximate surface area is 204 Å². The van der Waals surface area contributed by atoms with E-state index in [1.807, 2.05) is 66.3 Å². The Morgan fingerprint density at radius 3 is 2.76 bits per heavy atom. The first-order valence-electron chi connectivity index (χ1n) is 10.0. The normalized spacial score (nSPS) is 16.8. The summed E-state index contributed by atoms with van der Waals surface area (Å²) in [5.74, 6) is -0.436. The number of nitrogens with one attached hydrogen (secondary N) is 1. The number of amides is 1. The lowest BCUT2D eigenvalue weighted by Gasteiger charge is -2.20. The fourth-order valence-electron chi connectivity index (χ4n) is 3.55. The van der Waals surface area contributed by atoms with Crippen molar-refractivity contribution in [2.24, 2.45) is 10.1 Å². The van der Waals surface area contributed by atoms with E-state index in [-0.39, 0.29) is 11.4 Å². The second-order valence-corrected chi connectivity index (χ2v) is 9.43. The van der Waals surface area contributed by atoms with E-state index in [0.29, 0.717) is 26.8 Å². The Hall–Kier alpha value is -3.13. The summed E-state index contributed by atoms with van der Waals surface area (Å²) in [6, 6.07) is 15.3. The molecule has 0 unspecified atom stereocenters. The number of rotatable bonds is 4. The molecule has 3 heterocycles. The van der Waals surface area contributed by atoms with Crippen molar-refractivity contribution in [1.29, 1.82) is 5.41 Å². The van der Waals surface area contributed by atoms with Gasteiger partial charge in [-0.2, -0.15) is 15.1 Å². The van der Waals surface area contributed by atoms with Gasteiger partial charge in [-0.1, -0.05) is 53.0 Å². The maximum atomic E-state index is 12.7. The third-order valence-electron chi connectivity index (χ3n) is 5.15. The molecular formula is C24H17Cl2N5OS. The van der Waals surface area contributed by atoms with E-state index < -0.39 is 5.91 Å². The highest BCUT2D eigenvalue weighted by molar-refractivity contribution is 8.27. The Balaban J connectivity index is 1.38. The molecule has 9 heteroatoms. The third kappa shape index (κ3) is 4.39. The largest absolute Gasteiger partial charge is 0.349 e. The molecule has 1 N–H and O–H groups in total. The van der Waals surface area contributed by atoms with E-state index in [0.717, 1.165) is 22.3 Å². The molecule has 0 saturated heterocycles. The van der Waals surface area contributed by atoms with Crippen LogP contribution in [0.15, 0.2) is 76.6 Å². The van der Waals surface area contributed by atoms with E-state index >= 15 is 0 Å². The molecule has 0 radical (unpaired) electrons. The molecule has 1 amide bonds. The first-order valence-corrected chi connectivity index (χ1v) is 11.6. The van der Waals surface area contributed by atoms with E-state index in [1.54, 1.807) is 12.1 Å². The molecule has 164 valence electrons. The number of halogens is 2. The van der Waals surface area contributed by atoms with Gasteiger partial charge in [0.25, 0.3) is 5.91 Å². The van der Waals surface area contributed by atoms with Gasteiger partial charge in [-0.15, -0.1) is 0 Å². The van der Waals surface area contributed by atoms with Crippen LogP contribution in [-0.4, -0.2) is 31.5 Å². The molecule has 0 spiro atoms. The predicted octanol–water partition coefficient (Wildman–Crippen LogP) is 5.82. The lowest BCUT2D eigenvalue weighted by atomic mass is 10.1. The van der Waals surface area contributed by atoms with Crippen LogP contribution >= 0.6 is 35.0 Å². The topological polar surface area (TPSA) is 73.8 Å². The van der Waals surface area contributed by atoms with E-state index in [9.17, 15) is 4.79 Å². The summed E-state index contributed by atoms with van der Waals surface area (Å²) >= 11 is 13.4. The fourth-order valence-corrected chi connectivity index (χ4v) is 4.75. The molecule has 0 saturated carbocycles. The predicted molar refractivity (Wildman–Crippen MR) is 135 cm³/mol. The molecule has 5 rings (SSSR count). The summed E-state index contributed by atoms with van der Waals surface area (Å²) in [6.07, 6.45) is 5.47. The van der Waals surface area contributed by atoms with Crippen LogP contribution in [0.5, 0.6) is 0 Å². The summed E-state index contributed by atoms with van der Waals surface area (Å²) in [4.78, 5) is 16.9. The second kappa shape index (κ2) is 8.67. The average molecular weight is 494 g/mol. The molecule has 0 bridgehead atoms. The molecule has 0 aliphatic carbocycles. The van der Waals surface area contributed by atoms with Gasteiger partial charge in [0.2, 0.25) is 5.17 Å². The van der Waals surface area contributed by atoms with Crippen LogP contribution in [0.4, 0.5) is 0 Å². The average Bonchev–Trinajstić information content (AvgIpc) is 3.41. The van der Waals surface area contributed by atoms with Gasteiger partial charge in [-0.05, 0) is 60.2 Å². The molecule has 2 aliphatic rings. The summed E-state index contributed by atoms with van der Waals surface area (Å²) in [6.45, 7) is 2.61. The van der Waals surface area contributed by atoms with Crippen molar-refractivity contribution >= 4 is 63.0 Å². The zero-order chi connectivity index (χ0) is 23.1. The number of hydrogen-bond donors (Lipinski definition) is 1. The van der Waals surface area contributed by atoms with Gasteiger partial charge in [0.15, 0.2) is 5.84 Å². The van der Waals surface area contributed by atoms with E-state index in [2.05, 4.69) is 10.1 Å². The van der Waals surface area contributed by atoms with Crippen molar-refractivity contribution < 1.29 is 4.79 Å². The Bertz CT molecular complexity index is 1410. The van der Waals surface area contributed by atoms with Crippen molar-refractivity contribution in [2.45, 2.75) is 13.5 Å². The van der Waals surface area contributed by atoms with Crippen LogP contribution < -0.4 is 0 Å². The number of benzene rings is 2. The molecular weight excluding hydrogens is 477 g/mol. The van der Waals surface area contributed by atoms with Crippen molar-refractivity contribution in [3.8, 4) is 0 Å². The summed E-state index contributed by atoms with van der Waals surface area (Å²) in [5.41, 5.74) is 4.03. The van der Waals surface area contributed by atoms with Crippen molar-refractivity contribution in [3.63, 3.8) is 0 Å². The van der Waals surface area contributed by atoms with Gasteiger partial charge in [0, 0.05) is 24.5 Å². The van der Waals surface area contributed by atoms with Gasteiger partial charge in [0.1, 0.15) is 5.04 Å². The van der Waals surface area contributed by atoms with Crippen molar-refractivity contribution in [3.05, 3.63) is 98.8 Å². The van der Waals surface area contributed by atoms with Gasteiger partial charge in [0.05, 0.1) is 15.6 Å². The maximum absolute atomic E-state index is 12.7. The molecule has 6 nitrogen and oxygen atoms in total. The molecule has 33 heavy (non-hydrogen) atoms. The third-order valence-corrected chi connectivity index (χ3v) is 6.85. The highest BCUT2D eigenvalue weighted by Crippen LogP contribution is 2.31. The Morgan fingerprint density at radius 2 is 1.97 bits per heavy atom. The molecule has 2 aromatic carbocycles. The minimum absolute atomic E-state index is 0.0115. The van der Waals surface area contributed by atoms with Crippen molar-refractivity contribution in [2.75, 3.05) is 0 Å². The highest BCUT2D eigenvalue weighted by atomic mass is 35.5. The smallest absolute Gasteiger partial charge is 0.283 e. The summed E-state index contributed by atoms with van der Waals surface area (Å²) in [7, 11) is 0. The number of carbonyl (C=O) groups excluding carboxylic acids is 1. The first kappa shape index (κ1) is 21.7. The zero-order valence-electron chi connectivity index (χ0n) is 17.4. The minimum Gasteiger partial charge on any atom is -0.349 e. The molecule has 0 atom stereocenters. The quantitative estimate of drug-likeness (QED) is 0.465. The number of nitrogens with zero attached hydrogens (tertiary/aromatic N) is 4. The van der Waals surface area contributed by atoms with E-state index in [4.69, 9.17) is 28.6 Å². The number of aliphatic imine (C=N–C) groups is 1. The lowest BCUT2D eigenvalue weighted by molar-refractivity contribution is -0.114. The SMILES string of the molecule is Cc1cccc(C2=NN3C(=N)C(=Cc4ccn(Cc5ccc(Cl)c(Cl)c5)c4)C(=O)N=C3S2)c1.